The van der Waals surface area contributed by atoms with Gasteiger partial charge in [0.05, 0.1) is 4.90 Å². The number of hydrogen-bond acceptors (Lipinski definition) is 6. The SMILES string of the molecule is CN(C)CCN(C(=O)c1ccc(S(C)(=O)=O)cc1)C1CCN(Cc2ccncc2)CC1. The first-order valence-corrected chi connectivity index (χ1v) is 12.5. The van der Waals surface area contributed by atoms with Gasteiger partial charge in [-0.1, -0.05) is 0 Å². The first-order valence-electron chi connectivity index (χ1n) is 10.6. The monoisotopic (exact) mass is 444 g/mol. The number of nitrogens with zero attached hydrogens (tertiary/aromatic N) is 4. The summed E-state index contributed by atoms with van der Waals surface area (Å²) in [5, 5.41) is 0. The molecule has 1 fully saturated rings. The summed E-state index contributed by atoms with van der Waals surface area (Å²) in [5.41, 5.74) is 1.78. The van der Waals surface area contributed by atoms with Gasteiger partial charge in [0.1, 0.15) is 0 Å². The van der Waals surface area contributed by atoms with Gasteiger partial charge in [0, 0.05) is 63.0 Å². The van der Waals surface area contributed by atoms with Crippen molar-refractivity contribution < 1.29 is 13.2 Å². The summed E-state index contributed by atoms with van der Waals surface area (Å²) >= 11 is 0. The lowest BCUT2D eigenvalue weighted by atomic mass is 10.0. The zero-order valence-electron chi connectivity index (χ0n) is 18.6. The van der Waals surface area contributed by atoms with Gasteiger partial charge in [-0.25, -0.2) is 8.42 Å². The van der Waals surface area contributed by atoms with Crippen molar-refractivity contribution in [1.82, 2.24) is 19.7 Å². The average molecular weight is 445 g/mol. The topological polar surface area (TPSA) is 73.8 Å². The molecule has 0 saturated carbocycles. The van der Waals surface area contributed by atoms with Crippen LogP contribution in [0, 0.1) is 0 Å². The number of likely N-dealkylation sites (N-methyl/N-ethyl adjacent to an activating group) is 1. The molecular weight excluding hydrogens is 412 g/mol. The molecule has 0 radical (unpaired) electrons. The van der Waals surface area contributed by atoms with E-state index in [1.807, 2.05) is 43.5 Å². The fourth-order valence-corrected chi connectivity index (χ4v) is 4.53. The van der Waals surface area contributed by atoms with Crippen LogP contribution in [0.4, 0.5) is 0 Å². The molecule has 1 aliphatic rings. The minimum absolute atomic E-state index is 0.0329. The van der Waals surface area contributed by atoms with E-state index in [0.29, 0.717) is 12.1 Å². The molecule has 1 aromatic heterocycles. The highest BCUT2D eigenvalue weighted by Crippen LogP contribution is 2.21. The lowest BCUT2D eigenvalue weighted by molar-refractivity contribution is 0.0548. The zero-order chi connectivity index (χ0) is 22.4. The maximum atomic E-state index is 13.3. The number of carbonyl (C=O) groups excluding carboxylic acids is 1. The first kappa shape index (κ1) is 23.4. The van der Waals surface area contributed by atoms with Crippen LogP contribution in [0.2, 0.25) is 0 Å². The van der Waals surface area contributed by atoms with Gasteiger partial charge in [-0.2, -0.15) is 0 Å². The Morgan fingerprint density at radius 1 is 1.03 bits per heavy atom. The van der Waals surface area contributed by atoms with E-state index in [1.165, 1.54) is 24.0 Å². The van der Waals surface area contributed by atoms with Crippen LogP contribution in [0.1, 0.15) is 28.8 Å². The quantitative estimate of drug-likeness (QED) is 0.621. The number of likely N-dealkylation sites (tertiary alicyclic amines) is 1. The van der Waals surface area contributed by atoms with E-state index in [0.717, 1.165) is 39.0 Å². The van der Waals surface area contributed by atoms with Crippen LogP contribution >= 0.6 is 0 Å². The smallest absolute Gasteiger partial charge is 0.254 e. The number of hydrogen-bond donors (Lipinski definition) is 0. The molecule has 31 heavy (non-hydrogen) atoms. The number of rotatable bonds is 8. The summed E-state index contributed by atoms with van der Waals surface area (Å²) in [6.45, 7) is 4.20. The number of piperidine rings is 1. The minimum atomic E-state index is -3.28. The average Bonchev–Trinajstić information content (AvgIpc) is 2.75. The predicted octanol–water partition coefficient (Wildman–Crippen LogP) is 2.15. The zero-order valence-corrected chi connectivity index (χ0v) is 19.4. The second-order valence-electron chi connectivity index (χ2n) is 8.46. The molecule has 0 atom stereocenters. The second kappa shape index (κ2) is 10.3. The Bertz CT molecular complexity index is 954. The van der Waals surface area contributed by atoms with Crippen molar-refractivity contribution in [2.24, 2.45) is 0 Å². The summed E-state index contributed by atoms with van der Waals surface area (Å²) in [4.78, 5) is 24.1. The number of carbonyl (C=O) groups is 1. The molecule has 0 spiro atoms. The molecule has 0 bridgehead atoms. The maximum absolute atomic E-state index is 13.3. The van der Waals surface area contributed by atoms with E-state index in [9.17, 15) is 13.2 Å². The summed E-state index contributed by atoms with van der Waals surface area (Å²) in [5.74, 6) is -0.0329. The molecule has 1 aromatic carbocycles. The van der Waals surface area contributed by atoms with Gasteiger partial charge in [-0.15, -0.1) is 0 Å². The lowest BCUT2D eigenvalue weighted by Gasteiger charge is -2.39. The third-order valence-corrected chi connectivity index (χ3v) is 6.86. The summed E-state index contributed by atoms with van der Waals surface area (Å²) in [6.07, 6.45) is 6.65. The number of sulfone groups is 1. The Hall–Kier alpha value is -2.29. The summed E-state index contributed by atoms with van der Waals surface area (Å²) in [6, 6.07) is 10.5. The van der Waals surface area contributed by atoms with Gasteiger partial charge in [0.25, 0.3) is 5.91 Å². The van der Waals surface area contributed by atoms with Crippen molar-refractivity contribution in [1.29, 1.82) is 0 Å². The molecule has 1 saturated heterocycles. The van der Waals surface area contributed by atoms with E-state index < -0.39 is 9.84 Å². The van der Waals surface area contributed by atoms with E-state index in [2.05, 4.69) is 14.8 Å². The van der Waals surface area contributed by atoms with Gasteiger partial charge in [0.2, 0.25) is 0 Å². The molecule has 1 aliphatic heterocycles. The fraction of sp³-hybridized carbons (Fsp3) is 0.478. The van der Waals surface area contributed by atoms with Gasteiger partial charge in [0.15, 0.2) is 9.84 Å². The fourth-order valence-electron chi connectivity index (χ4n) is 3.90. The van der Waals surface area contributed by atoms with Gasteiger partial charge >= 0.3 is 0 Å². The maximum Gasteiger partial charge on any atom is 0.254 e. The van der Waals surface area contributed by atoms with Crippen LogP contribution < -0.4 is 0 Å². The second-order valence-corrected chi connectivity index (χ2v) is 10.5. The Kier molecular flexibility index (Phi) is 7.80. The number of benzene rings is 1. The van der Waals surface area contributed by atoms with Gasteiger partial charge in [-0.3, -0.25) is 14.7 Å². The Morgan fingerprint density at radius 2 is 1.65 bits per heavy atom. The van der Waals surface area contributed by atoms with Crippen molar-refractivity contribution in [3.05, 3.63) is 59.9 Å². The van der Waals surface area contributed by atoms with Crippen LogP contribution in [0.25, 0.3) is 0 Å². The normalized spacial score (nSPS) is 15.9. The molecule has 2 aromatic rings. The van der Waals surface area contributed by atoms with Crippen LogP contribution in [0.3, 0.4) is 0 Å². The third-order valence-electron chi connectivity index (χ3n) is 5.73. The van der Waals surface area contributed by atoms with E-state index >= 15 is 0 Å². The number of aromatic nitrogens is 1. The molecule has 168 valence electrons. The third kappa shape index (κ3) is 6.59. The Labute approximate surface area is 185 Å². The van der Waals surface area contributed by atoms with Crippen LogP contribution in [-0.2, 0) is 16.4 Å². The largest absolute Gasteiger partial charge is 0.334 e. The molecule has 0 N–H and O–H groups in total. The van der Waals surface area contributed by atoms with Crippen LogP contribution in [0.5, 0.6) is 0 Å². The van der Waals surface area contributed by atoms with E-state index in [4.69, 9.17) is 0 Å². The lowest BCUT2D eigenvalue weighted by Crippen LogP contribution is -2.49. The minimum Gasteiger partial charge on any atom is -0.334 e. The highest BCUT2D eigenvalue weighted by atomic mass is 32.2. The molecule has 2 heterocycles. The summed E-state index contributed by atoms with van der Waals surface area (Å²) in [7, 11) is 0.721. The Balaban J connectivity index is 1.68. The van der Waals surface area contributed by atoms with Crippen LogP contribution in [-0.4, -0.2) is 86.6 Å². The molecule has 7 nitrogen and oxygen atoms in total. The molecule has 8 heteroatoms. The molecule has 1 amide bonds. The van der Waals surface area contributed by atoms with Crippen LogP contribution in [0.15, 0.2) is 53.7 Å². The van der Waals surface area contributed by atoms with Crippen molar-refractivity contribution in [3.63, 3.8) is 0 Å². The van der Waals surface area contributed by atoms with Crippen molar-refractivity contribution >= 4 is 15.7 Å². The Morgan fingerprint density at radius 3 is 2.19 bits per heavy atom. The number of pyridine rings is 1. The van der Waals surface area contributed by atoms with Gasteiger partial charge < -0.3 is 9.80 Å². The van der Waals surface area contributed by atoms with Crippen molar-refractivity contribution in [2.45, 2.75) is 30.3 Å². The van der Waals surface area contributed by atoms with E-state index in [1.54, 1.807) is 12.1 Å². The predicted molar refractivity (Wildman–Crippen MR) is 122 cm³/mol. The molecule has 0 aliphatic carbocycles. The highest BCUT2D eigenvalue weighted by molar-refractivity contribution is 7.90. The first-order chi connectivity index (χ1) is 14.7. The molecule has 3 rings (SSSR count). The molecule has 0 unspecified atom stereocenters. The highest BCUT2D eigenvalue weighted by Gasteiger charge is 2.28. The standard InChI is InChI=1S/C23H32N4O3S/c1-25(2)16-17-27(23(28)20-4-6-22(7-5-20)31(3,29)30)21-10-14-26(15-11-21)18-19-8-12-24-13-9-19/h4-9,12-13,21H,10-11,14-18H2,1-3H3. The van der Waals surface area contributed by atoms with Crippen molar-refractivity contribution in [3.8, 4) is 0 Å². The molecular formula is C23H32N4O3S. The van der Waals surface area contributed by atoms with Crippen molar-refractivity contribution in [2.75, 3.05) is 46.5 Å². The van der Waals surface area contributed by atoms with E-state index in [-0.39, 0.29) is 16.8 Å². The summed E-state index contributed by atoms with van der Waals surface area (Å²) < 4.78 is 23.5. The number of amides is 1. The van der Waals surface area contributed by atoms with Gasteiger partial charge in [-0.05, 0) is 68.9 Å².